The van der Waals surface area contributed by atoms with Crippen LogP contribution in [-0.2, 0) is 9.59 Å². The number of nitrogens with one attached hydrogen (secondary N) is 2. The van der Waals surface area contributed by atoms with Crippen molar-refractivity contribution >= 4 is 39.5 Å². The predicted molar refractivity (Wildman–Crippen MR) is 81.6 cm³/mol. The monoisotopic (exact) mass is 353 g/mol. The van der Waals surface area contributed by atoms with Gasteiger partial charge in [0.15, 0.2) is 0 Å². The molecule has 1 aliphatic heterocycles. The van der Waals surface area contributed by atoms with Gasteiger partial charge in [-0.3, -0.25) is 14.5 Å². The van der Waals surface area contributed by atoms with Crippen LogP contribution in [0.4, 0.5) is 10.5 Å². The van der Waals surface area contributed by atoms with Gasteiger partial charge in [-0.05, 0) is 24.1 Å². The van der Waals surface area contributed by atoms with Gasteiger partial charge in [0.05, 0.1) is 0 Å². The summed E-state index contributed by atoms with van der Waals surface area (Å²) < 4.78 is 0.829. The Morgan fingerprint density at radius 2 is 2.14 bits per heavy atom. The minimum Gasteiger partial charge on any atom is -0.326 e. The van der Waals surface area contributed by atoms with Crippen molar-refractivity contribution in [3.8, 4) is 0 Å². The van der Waals surface area contributed by atoms with E-state index in [1.165, 1.54) is 0 Å². The first kappa shape index (κ1) is 15.5. The molecule has 112 valence electrons. The summed E-state index contributed by atoms with van der Waals surface area (Å²) in [4.78, 5) is 36.7. The van der Waals surface area contributed by atoms with Gasteiger partial charge in [-0.1, -0.05) is 35.8 Å². The fraction of sp³-hybridized carbons (Fsp3) is 0.357. The number of carbonyl (C=O) groups is 3. The molecule has 1 aromatic rings. The van der Waals surface area contributed by atoms with E-state index in [0.29, 0.717) is 5.69 Å². The Balaban J connectivity index is 2.00. The van der Waals surface area contributed by atoms with E-state index in [2.05, 4.69) is 26.6 Å². The molecule has 1 atom stereocenters. The summed E-state index contributed by atoms with van der Waals surface area (Å²) in [6.45, 7) is 3.39. The summed E-state index contributed by atoms with van der Waals surface area (Å²) in [7, 11) is 0. The van der Waals surface area contributed by atoms with Crippen molar-refractivity contribution in [2.75, 3.05) is 11.9 Å². The van der Waals surface area contributed by atoms with Crippen LogP contribution in [0, 0.1) is 5.92 Å². The second-order valence-electron chi connectivity index (χ2n) is 5.15. The van der Waals surface area contributed by atoms with Crippen LogP contribution < -0.4 is 10.6 Å². The number of imide groups is 1. The first-order valence-electron chi connectivity index (χ1n) is 6.56. The summed E-state index contributed by atoms with van der Waals surface area (Å²) in [6, 6.07) is 5.99. The molecule has 1 saturated heterocycles. The van der Waals surface area contributed by atoms with Crippen LogP contribution in [0.25, 0.3) is 0 Å². The Hall–Kier alpha value is -1.89. The topological polar surface area (TPSA) is 78.5 Å². The maximum absolute atomic E-state index is 12.1. The molecule has 0 unspecified atom stereocenters. The van der Waals surface area contributed by atoms with Crippen molar-refractivity contribution in [3.05, 3.63) is 28.7 Å². The van der Waals surface area contributed by atoms with E-state index in [0.717, 1.165) is 9.37 Å². The number of rotatable bonds is 4. The Morgan fingerprint density at radius 1 is 1.43 bits per heavy atom. The van der Waals surface area contributed by atoms with Gasteiger partial charge < -0.3 is 10.6 Å². The third-order valence-corrected chi connectivity index (χ3v) is 3.63. The molecular weight excluding hydrogens is 338 g/mol. The molecule has 0 saturated carbocycles. The average Bonchev–Trinajstić information content (AvgIpc) is 2.67. The molecule has 0 radical (unpaired) electrons. The van der Waals surface area contributed by atoms with Crippen molar-refractivity contribution in [2.45, 2.75) is 19.9 Å². The van der Waals surface area contributed by atoms with Crippen LogP contribution in [-0.4, -0.2) is 35.3 Å². The van der Waals surface area contributed by atoms with Crippen molar-refractivity contribution in [1.82, 2.24) is 10.2 Å². The molecule has 1 heterocycles. The first-order chi connectivity index (χ1) is 9.88. The Morgan fingerprint density at radius 3 is 2.71 bits per heavy atom. The van der Waals surface area contributed by atoms with Gasteiger partial charge in [-0.15, -0.1) is 0 Å². The fourth-order valence-electron chi connectivity index (χ4n) is 2.05. The van der Waals surface area contributed by atoms with E-state index in [1.807, 2.05) is 19.9 Å². The van der Waals surface area contributed by atoms with E-state index in [1.54, 1.807) is 18.2 Å². The smallest absolute Gasteiger partial charge is 0.325 e. The van der Waals surface area contributed by atoms with Gasteiger partial charge in [-0.2, -0.15) is 0 Å². The molecule has 0 spiro atoms. The average molecular weight is 354 g/mol. The maximum atomic E-state index is 12.1. The van der Waals surface area contributed by atoms with E-state index in [9.17, 15) is 14.4 Å². The third-order valence-electron chi connectivity index (χ3n) is 3.13. The van der Waals surface area contributed by atoms with Gasteiger partial charge in [0.2, 0.25) is 5.91 Å². The zero-order valence-electron chi connectivity index (χ0n) is 11.7. The fourth-order valence-corrected chi connectivity index (χ4v) is 2.45. The van der Waals surface area contributed by atoms with Crippen LogP contribution in [0.1, 0.15) is 13.8 Å². The molecule has 0 bridgehead atoms. The first-order valence-corrected chi connectivity index (χ1v) is 7.35. The zero-order valence-corrected chi connectivity index (χ0v) is 13.3. The molecule has 1 aromatic carbocycles. The summed E-state index contributed by atoms with van der Waals surface area (Å²) in [5, 5.41) is 5.23. The highest BCUT2D eigenvalue weighted by Crippen LogP contribution is 2.16. The number of benzene rings is 1. The predicted octanol–water partition coefficient (Wildman–Crippen LogP) is 1.96. The van der Waals surface area contributed by atoms with Crippen molar-refractivity contribution in [1.29, 1.82) is 0 Å². The van der Waals surface area contributed by atoms with E-state index >= 15 is 0 Å². The number of anilines is 1. The second kappa shape index (κ2) is 6.26. The van der Waals surface area contributed by atoms with Crippen LogP contribution in [0.15, 0.2) is 28.7 Å². The molecule has 0 aliphatic carbocycles. The number of halogens is 1. The lowest BCUT2D eigenvalue weighted by Crippen LogP contribution is -2.39. The quantitative estimate of drug-likeness (QED) is 0.812. The van der Waals surface area contributed by atoms with Gasteiger partial charge in [0.25, 0.3) is 5.91 Å². The highest BCUT2D eigenvalue weighted by atomic mass is 79.9. The minimum atomic E-state index is -0.559. The maximum Gasteiger partial charge on any atom is 0.325 e. The molecule has 4 amide bonds. The van der Waals surface area contributed by atoms with E-state index in [-0.39, 0.29) is 18.4 Å². The number of urea groups is 1. The standard InChI is InChI=1S/C14H16BrN3O3/c1-8(2)12-13(20)18(14(21)17-12)7-11(19)16-10-5-3-4-9(15)6-10/h3-6,8,12H,7H2,1-2H3,(H,16,19)(H,17,21)/t12-/m1/s1. The highest BCUT2D eigenvalue weighted by molar-refractivity contribution is 9.10. The second-order valence-corrected chi connectivity index (χ2v) is 6.07. The summed E-state index contributed by atoms with van der Waals surface area (Å²) in [5.41, 5.74) is 0.599. The largest absolute Gasteiger partial charge is 0.326 e. The molecule has 7 heteroatoms. The molecular formula is C14H16BrN3O3. The molecule has 1 aliphatic rings. The summed E-state index contributed by atoms with van der Waals surface area (Å²) in [5.74, 6) is -0.792. The van der Waals surface area contributed by atoms with Crippen LogP contribution in [0.5, 0.6) is 0 Å². The van der Waals surface area contributed by atoms with Crippen LogP contribution in [0.3, 0.4) is 0 Å². The third kappa shape index (κ3) is 3.60. The number of hydrogen-bond acceptors (Lipinski definition) is 3. The number of hydrogen-bond donors (Lipinski definition) is 2. The van der Waals surface area contributed by atoms with Gasteiger partial charge in [-0.25, -0.2) is 4.79 Å². The number of carbonyl (C=O) groups excluding carboxylic acids is 3. The number of amides is 4. The lowest BCUT2D eigenvalue weighted by molar-refractivity contribution is -0.131. The summed E-state index contributed by atoms with van der Waals surface area (Å²) >= 11 is 3.30. The van der Waals surface area contributed by atoms with Gasteiger partial charge >= 0.3 is 6.03 Å². The Bertz CT molecular complexity index is 589. The molecule has 6 nitrogen and oxygen atoms in total. The molecule has 0 aromatic heterocycles. The van der Waals surface area contributed by atoms with Crippen molar-refractivity contribution in [3.63, 3.8) is 0 Å². The Labute approximate surface area is 131 Å². The van der Waals surface area contributed by atoms with Crippen LogP contribution >= 0.6 is 15.9 Å². The SMILES string of the molecule is CC(C)[C@H]1NC(=O)N(CC(=O)Nc2cccc(Br)c2)C1=O. The highest BCUT2D eigenvalue weighted by Gasteiger charge is 2.40. The van der Waals surface area contributed by atoms with Gasteiger partial charge in [0.1, 0.15) is 12.6 Å². The molecule has 1 fully saturated rings. The molecule has 21 heavy (non-hydrogen) atoms. The van der Waals surface area contributed by atoms with Crippen LogP contribution in [0.2, 0.25) is 0 Å². The normalized spacial score (nSPS) is 18.1. The molecule has 2 rings (SSSR count). The van der Waals surface area contributed by atoms with E-state index < -0.39 is 18.0 Å². The Kier molecular flexibility index (Phi) is 4.62. The van der Waals surface area contributed by atoms with Crippen molar-refractivity contribution in [2.24, 2.45) is 5.92 Å². The summed E-state index contributed by atoms with van der Waals surface area (Å²) in [6.07, 6.45) is 0. The van der Waals surface area contributed by atoms with Crippen molar-refractivity contribution < 1.29 is 14.4 Å². The zero-order chi connectivity index (χ0) is 15.6. The van der Waals surface area contributed by atoms with Gasteiger partial charge in [0, 0.05) is 10.2 Å². The minimum absolute atomic E-state index is 0.0143. The lowest BCUT2D eigenvalue weighted by atomic mass is 10.1. The number of nitrogens with zero attached hydrogens (tertiary/aromatic N) is 1. The van der Waals surface area contributed by atoms with E-state index in [4.69, 9.17) is 0 Å². The molecule has 2 N–H and O–H groups in total. The lowest BCUT2D eigenvalue weighted by Gasteiger charge is -2.14.